The normalized spacial score (nSPS) is 12.6. The van der Waals surface area contributed by atoms with Crippen molar-refractivity contribution in [1.29, 1.82) is 0 Å². The minimum atomic E-state index is -0.301. The van der Waals surface area contributed by atoms with E-state index < -0.39 is 0 Å². The molecule has 0 saturated heterocycles. The second-order valence-electron chi connectivity index (χ2n) is 4.37. The molecule has 0 saturated carbocycles. The highest BCUT2D eigenvalue weighted by Crippen LogP contribution is 2.31. The van der Waals surface area contributed by atoms with E-state index in [0.29, 0.717) is 23.2 Å². The van der Waals surface area contributed by atoms with Crippen LogP contribution in [-0.4, -0.2) is 23.5 Å². The molecular weight excluding hydrogens is 379 g/mol. The van der Waals surface area contributed by atoms with E-state index in [0.717, 1.165) is 15.7 Å². The van der Waals surface area contributed by atoms with Crippen LogP contribution in [0.1, 0.15) is 17.3 Å². The Labute approximate surface area is 141 Å². The Morgan fingerprint density at radius 1 is 1.43 bits per heavy atom. The first-order chi connectivity index (χ1) is 10.1. The van der Waals surface area contributed by atoms with Gasteiger partial charge in [0.25, 0.3) is 0 Å². The Morgan fingerprint density at radius 3 is 2.81 bits per heavy atom. The van der Waals surface area contributed by atoms with Gasteiger partial charge in [-0.1, -0.05) is 29.3 Å². The van der Waals surface area contributed by atoms with E-state index in [2.05, 4.69) is 26.5 Å². The highest BCUT2D eigenvalue weighted by atomic mass is 79.9. The fourth-order valence-corrected chi connectivity index (χ4v) is 2.80. The average Bonchev–Trinajstić information content (AvgIpc) is 2.83. The molecule has 0 fully saturated rings. The number of halogens is 3. The van der Waals surface area contributed by atoms with Gasteiger partial charge in [-0.05, 0) is 33.6 Å². The summed E-state index contributed by atoms with van der Waals surface area (Å²) >= 11 is 15.7. The Morgan fingerprint density at radius 2 is 2.19 bits per heavy atom. The summed E-state index contributed by atoms with van der Waals surface area (Å²) < 4.78 is 7.65. The van der Waals surface area contributed by atoms with Gasteiger partial charge in [0.2, 0.25) is 0 Å². The number of nitrogens with zero attached hydrogens (tertiary/aromatic N) is 2. The Bertz CT molecular complexity index is 620. The third kappa shape index (κ3) is 3.77. The van der Waals surface area contributed by atoms with Crippen LogP contribution in [0.15, 0.2) is 28.9 Å². The van der Waals surface area contributed by atoms with Gasteiger partial charge in [-0.25, -0.2) is 5.43 Å². The van der Waals surface area contributed by atoms with Crippen molar-refractivity contribution in [2.24, 2.45) is 5.84 Å². The van der Waals surface area contributed by atoms with Crippen LogP contribution in [-0.2, 0) is 11.3 Å². The van der Waals surface area contributed by atoms with E-state index >= 15 is 0 Å². The van der Waals surface area contributed by atoms with Crippen LogP contribution in [0.4, 0.5) is 0 Å². The molecule has 0 spiro atoms. The fourth-order valence-electron chi connectivity index (χ4n) is 2.04. The Kier molecular flexibility index (Phi) is 6.04. The molecule has 0 aliphatic rings. The minimum absolute atomic E-state index is 0.301. The van der Waals surface area contributed by atoms with Crippen molar-refractivity contribution in [2.75, 3.05) is 13.7 Å². The molecule has 0 bridgehead atoms. The molecule has 0 amide bonds. The summed E-state index contributed by atoms with van der Waals surface area (Å²) in [5.41, 5.74) is 4.48. The SMILES string of the molecule is COCCn1ncc(Cl)c1C(NN)c1ccc(Cl)c(Br)c1. The van der Waals surface area contributed by atoms with Crippen LogP contribution in [0.25, 0.3) is 0 Å². The quantitative estimate of drug-likeness (QED) is 0.584. The van der Waals surface area contributed by atoms with Gasteiger partial charge in [-0.3, -0.25) is 10.5 Å². The molecule has 0 aliphatic heterocycles. The van der Waals surface area contributed by atoms with E-state index in [9.17, 15) is 0 Å². The molecule has 2 rings (SSSR count). The largest absolute Gasteiger partial charge is 0.383 e. The number of methoxy groups -OCH3 is 1. The average molecular weight is 394 g/mol. The summed E-state index contributed by atoms with van der Waals surface area (Å²) in [6.45, 7) is 1.12. The maximum Gasteiger partial charge on any atom is 0.0893 e. The summed E-state index contributed by atoms with van der Waals surface area (Å²) in [6.07, 6.45) is 1.60. The Balaban J connectivity index is 2.40. The highest BCUT2D eigenvalue weighted by Gasteiger charge is 2.21. The van der Waals surface area contributed by atoms with Crippen molar-refractivity contribution < 1.29 is 4.74 Å². The predicted octanol–water partition coefficient (Wildman–Crippen LogP) is 3.15. The second-order valence-corrected chi connectivity index (χ2v) is 6.04. The number of hydrogen-bond donors (Lipinski definition) is 2. The summed E-state index contributed by atoms with van der Waals surface area (Å²) in [6, 6.07) is 5.29. The number of ether oxygens (including phenoxy) is 1. The van der Waals surface area contributed by atoms with Crippen molar-refractivity contribution in [2.45, 2.75) is 12.6 Å². The first-order valence-electron chi connectivity index (χ1n) is 6.19. The smallest absolute Gasteiger partial charge is 0.0893 e. The van der Waals surface area contributed by atoms with Crippen molar-refractivity contribution >= 4 is 39.1 Å². The summed E-state index contributed by atoms with van der Waals surface area (Å²) in [5, 5.41) is 5.43. The molecular formula is C13H15BrCl2N4O. The summed E-state index contributed by atoms with van der Waals surface area (Å²) in [7, 11) is 1.64. The fraction of sp³-hybridized carbons (Fsp3) is 0.308. The number of nitrogens with one attached hydrogen (secondary N) is 1. The van der Waals surface area contributed by atoms with E-state index in [4.69, 9.17) is 33.8 Å². The third-order valence-electron chi connectivity index (χ3n) is 3.06. The number of hydrogen-bond acceptors (Lipinski definition) is 4. The Hall–Kier alpha value is -0.630. The van der Waals surface area contributed by atoms with Gasteiger partial charge in [0.05, 0.1) is 41.1 Å². The maximum absolute atomic E-state index is 6.26. The third-order valence-corrected chi connectivity index (χ3v) is 4.56. The molecule has 0 radical (unpaired) electrons. The van der Waals surface area contributed by atoms with Crippen molar-refractivity contribution in [3.8, 4) is 0 Å². The molecule has 21 heavy (non-hydrogen) atoms. The molecule has 5 nitrogen and oxygen atoms in total. The summed E-state index contributed by atoms with van der Waals surface area (Å²) in [4.78, 5) is 0. The zero-order valence-electron chi connectivity index (χ0n) is 11.3. The summed E-state index contributed by atoms with van der Waals surface area (Å²) in [5.74, 6) is 5.72. The van der Waals surface area contributed by atoms with E-state index in [1.807, 2.05) is 12.1 Å². The van der Waals surface area contributed by atoms with E-state index in [1.54, 1.807) is 24.1 Å². The second kappa shape index (κ2) is 7.58. The van der Waals surface area contributed by atoms with Gasteiger partial charge in [0, 0.05) is 11.6 Å². The van der Waals surface area contributed by atoms with Crippen LogP contribution in [0.3, 0.4) is 0 Å². The monoisotopic (exact) mass is 392 g/mol. The van der Waals surface area contributed by atoms with Crippen LogP contribution < -0.4 is 11.3 Å². The zero-order valence-corrected chi connectivity index (χ0v) is 14.4. The van der Waals surface area contributed by atoms with Gasteiger partial charge >= 0.3 is 0 Å². The van der Waals surface area contributed by atoms with Gasteiger partial charge < -0.3 is 4.74 Å². The molecule has 1 unspecified atom stereocenters. The molecule has 1 heterocycles. The first-order valence-corrected chi connectivity index (χ1v) is 7.74. The van der Waals surface area contributed by atoms with Gasteiger partial charge in [0.1, 0.15) is 0 Å². The van der Waals surface area contributed by atoms with Crippen LogP contribution in [0.5, 0.6) is 0 Å². The van der Waals surface area contributed by atoms with Crippen molar-refractivity contribution in [3.05, 3.63) is 50.2 Å². The lowest BCUT2D eigenvalue weighted by Gasteiger charge is -2.19. The van der Waals surface area contributed by atoms with Crippen LogP contribution in [0, 0.1) is 0 Å². The maximum atomic E-state index is 6.26. The standard InChI is InChI=1S/C13H15BrCl2N4O/c1-21-5-4-20-13(11(16)7-18-20)12(19-17)8-2-3-10(15)9(14)6-8/h2-3,6-7,12,19H,4-5,17H2,1H3. The number of nitrogens with two attached hydrogens (primary N) is 1. The molecule has 2 aromatic rings. The zero-order chi connectivity index (χ0) is 15.4. The van der Waals surface area contributed by atoms with Gasteiger partial charge in [-0.15, -0.1) is 0 Å². The first kappa shape index (κ1) is 16.7. The molecule has 3 N–H and O–H groups in total. The molecule has 1 aromatic carbocycles. The predicted molar refractivity (Wildman–Crippen MR) is 87.4 cm³/mol. The van der Waals surface area contributed by atoms with Crippen LogP contribution >= 0.6 is 39.1 Å². The van der Waals surface area contributed by atoms with Gasteiger partial charge in [0.15, 0.2) is 0 Å². The topological polar surface area (TPSA) is 65.1 Å². The van der Waals surface area contributed by atoms with Crippen molar-refractivity contribution in [1.82, 2.24) is 15.2 Å². The number of aromatic nitrogens is 2. The van der Waals surface area contributed by atoms with E-state index in [1.165, 1.54) is 0 Å². The molecule has 8 heteroatoms. The molecule has 114 valence electrons. The van der Waals surface area contributed by atoms with Crippen molar-refractivity contribution in [3.63, 3.8) is 0 Å². The van der Waals surface area contributed by atoms with Crippen LogP contribution in [0.2, 0.25) is 10.0 Å². The highest BCUT2D eigenvalue weighted by molar-refractivity contribution is 9.10. The number of benzene rings is 1. The molecule has 0 aliphatic carbocycles. The van der Waals surface area contributed by atoms with E-state index in [-0.39, 0.29) is 6.04 Å². The number of hydrazine groups is 1. The molecule has 1 aromatic heterocycles. The lowest BCUT2D eigenvalue weighted by Crippen LogP contribution is -2.31. The minimum Gasteiger partial charge on any atom is -0.383 e. The molecule has 1 atom stereocenters. The number of rotatable bonds is 6. The van der Waals surface area contributed by atoms with Gasteiger partial charge in [-0.2, -0.15) is 5.10 Å². The lowest BCUT2D eigenvalue weighted by molar-refractivity contribution is 0.182. The lowest BCUT2D eigenvalue weighted by atomic mass is 10.0.